The average molecular weight is 186 g/mol. The van der Waals surface area contributed by atoms with E-state index in [1.807, 2.05) is 0 Å². The highest BCUT2D eigenvalue weighted by Crippen LogP contribution is 2.15. The van der Waals surface area contributed by atoms with Gasteiger partial charge in [0.2, 0.25) is 0 Å². The largest absolute Gasteiger partial charge is 0.331 e. The van der Waals surface area contributed by atoms with Crippen LogP contribution in [0.3, 0.4) is 0 Å². The molecule has 1 aliphatic rings. The molecule has 1 saturated heterocycles. The van der Waals surface area contributed by atoms with Crippen LogP contribution in [0.2, 0.25) is 0 Å². The molecule has 0 aromatic carbocycles. The first kappa shape index (κ1) is 11.0. The lowest BCUT2D eigenvalue weighted by atomic mass is 10.4. The number of hydrogen-bond donors (Lipinski definition) is 0. The lowest BCUT2D eigenvalue weighted by molar-refractivity contribution is -0.870. The van der Waals surface area contributed by atoms with Crippen LogP contribution < -0.4 is 0 Å². The summed E-state index contributed by atoms with van der Waals surface area (Å²) in [6.45, 7) is 7.20. The maximum absolute atomic E-state index is 2.44. The maximum Gasteiger partial charge on any atom is 0.0793 e. The van der Waals surface area contributed by atoms with Crippen LogP contribution in [0.4, 0.5) is 0 Å². The number of hydrazine groups is 1. The van der Waals surface area contributed by atoms with Crippen molar-refractivity contribution in [1.82, 2.24) is 10.0 Å². The minimum absolute atomic E-state index is 1.08. The van der Waals surface area contributed by atoms with Crippen molar-refractivity contribution in [3.8, 4) is 0 Å². The van der Waals surface area contributed by atoms with Gasteiger partial charge in [0.05, 0.1) is 34.4 Å². The number of nitrogens with zero attached hydrogens (tertiary/aromatic N) is 3. The Labute approximate surface area is 82.5 Å². The highest BCUT2D eigenvalue weighted by molar-refractivity contribution is 4.67. The molecular formula is C10H24N3+. The van der Waals surface area contributed by atoms with Crippen molar-refractivity contribution in [1.29, 1.82) is 0 Å². The smallest absolute Gasteiger partial charge is 0.0793 e. The topological polar surface area (TPSA) is 6.02 Å². The van der Waals surface area contributed by atoms with E-state index < -0.39 is 0 Å². The van der Waals surface area contributed by atoms with Gasteiger partial charge in [0.25, 0.3) is 0 Å². The monoisotopic (exact) mass is 186 g/mol. The van der Waals surface area contributed by atoms with Crippen molar-refractivity contribution >= 4 is 0 Å². The minimum atomic E-state index is 1.08. The first-order valence-electron chi connectivity index (χ1n) is 5.33. The van der Waals surface area contributed by atoms with Crippen LogP contribution in [-0.2, 0) is 0 Å². The Morgan fingerprint density at radius 2 is 1.69 bits per heavy atom. The third-order valence-corrected chi connectivity index (χ3v) is 2.37. The molecule has 1 fully saturated rings. The van der Waals surface area contributed by atoms with Gasteiger partial charge in [-0.2, -0.15) is 0 Å². The number of quaternary nitrogens is 1. The summed E-state index contributed by atoms with van der Waals surface area (Å²) in [6.07, 6.45) is 2.58. The molecule has 78 valence electrons. The van der Waals surface area contributed by atoms with Crippen LogP contribution in [0.1, 0.15) is 19.8 Å². The van der Waals surface area contributed by atoms with Crippen molar-refractivity contribution in [3.05, 3.63) is 0 Å². The molecule has 0 aromatic rings. The van der Waals surface area contributed by atoms with Crippen molar-refractivity contribution in [3.63, 3.8) is 0 Å². The van der Waals surface area contributed by atoms with E-state index in [-0.39, 0.29) is 0 Å². The fourth-order valence-corrected chi connectivity index (χ4v) is 1.57. The van der Waals surface area contributed by atoms with Crippen LogP contribution >= 0.6 is 0 Å². The fraction of sp³-hybridized carbons (Fsp3) is 1.00. The van der Waals surface area contributed by atoms with Crippen LogP contribution in [0.5, 0.6) is 0 Å². The van der Waals surface area contributed by atoms with Gasteiger partial charge in [-0.05, 0) is 6.42 Å². The minimum Gasteiger partial charge on any atom is -0.331 e. The zero-order chi connectivity index (χ0) is 9.90. The molecule has 0 bridgehead atoms. The molecule has 1 heterocycles. The first-order chi connectivity index (χ1) is 6.03. The van der Waals surface area contributed by atoms with Crippen molar-refractivity contribution < 1.29 is 4.48 Å². The molecular weight excluding hydrogens is 162 g/mol. The van der Waals surface area contributed by atoms with Crippen molar-refractivity contribution in [2.45, 2.75) is 19.8 Å². The lowest BCUT2D eigenvalue weighted by Gasteiger charge is -2.23. The molecule has 2 unspecified atom stereocenters. The molecule has 3 nitrogen and oxygen atoms in total. The molecule has 1 aliphatic heterocycles. The van der Waals surface area contributed by atoms with Gasteiger partial charge in [-0.1, -0.05) is 6.92 Å². The molecule has 1 rings (SSSR count). The van der Waals surface area contributed by atoms with Crippen LogP contribution in [-0.4, -0.2) is 61.9 Å². The maximum atomic E-state index is 2.44. The second-order valence-electron chi connectivity index (χ2n) is 4.97. The third-order valence-electron chi connectivity index (χ3n) is 2.37. The second-order valence-corrected chi connectivity index (χ2v) is 4.97. The SMILES string of the molecule is CCCN1CN1CCC[N+](C)(C)C. The summed E-state index contributed by atoms with van der Waals surface area (Å²) < 4.78 is 1.08. The molecule has 0 aliphatic carbocycles. The van der Waals surface area contributed by atoms with Gasteiger partial charge < -0.3 is 4.48 Å². The Morgan fingerprint density at radius 3 is 2.23 bits per heavy atom. The Hall–Kier alpha value is -0.120. The first-order valence-corrected chi connectivity index (χ1v) is 5.33. The van der Waals surface area contributed by atoms with E-state index in [1.165, 1.54) is 39.1 Å². The van der Waals surface area contributed by atoms with Gasteiger partial charge in [0, 0.05) is 19.5 Å². The average Bonchev–Trinajstić information content (AvgIpc) is 2.66. The van der Waals surface area contributed by atoms with Gasteiger partial charge in [0.1, 0.15) is 0 Å². The molecule has 0 aromatic heterocycles. The van der Waals surface area contributed by atoms with Crippen molar-refractivity contribution in [2.75, 3.05) is 47.4 Å². The standard InChI is InChI=1S/C10H24N3/c1-5-7-11-10-12(11)8-6-9-13(2,3)4/h5-10H2,1-4H3/q+1. The Morgan fingerprint density at radius 1 is 1.08 bits per heavy atom. The number of rotatable bonds is 6. The lowest BCUT2D eigenvalue weighted by Crippen LogP contribution is -2.36. The summed E-state index contributed by atoms with van der Waals surface area (Å²) in [5.41, 5.74) is 0. The summed E-state index contributed by atoms with van der Waals surface area (Å²) in [7, 11) is 6.77. The van der Waals surface area contributed by atoms with E-state index in [9.17, 15) is 0 Å². The van der Waals surface area contributed by atoms with E-state index in [0.717, 1.165) is 4.48 Å². The van der Waals surface area contributed by atoms with Crippen LogP contribution in [0, 0.1) is 0 Å². The van der Waals surface area contributed by atoms with E-state index in [2.05, 4.69) is 38.1 Å². The van der Waals surface area contributed by atoms with Gasteiger partial charge >= 0.3 is 0 Å². The predicted octanol–water partition coefficient (Wildman–Crippen LogP) is 0.983. The molecule has 3 heteroatoms. The third kappa shape index (κ3) is 4.60. The Balaban J connectivity index is 1.97. The molecule has 0 radical (unpaired) electrons. The van der Waals surface area contributed by atoms with E-state index in [4.69, 9.17) is 0 Å². The van der Waals surface area contributed by atoms with Gasteiger partial charge in [-0.15, -0.1) is 0 Å². The highest BCUT2D eigenvalue weighted by Gasteiger charge is 2.29. The van der Waals surface area contributed by atoms with Crippen LogP contribution in [0.15, 0.2) is 0 Å². The fourth-order valence-electron chi connectivity index (χ4n) is 1.57. The number of hydrogen-bond acceptors (Lipinski definition) is 2. The zero-order valence-corrected chi connectivity index (χ0v) is 9.58. The van der Waals surface area contributed by atoms with E-state index in [0.29, 0.717) is 0 Å². The summed E-state index contributed by atoms with van der Waals surface area (Å²) in [5, 5.41) is 4.87. The van der Waals surface area contributed by atoms with Crippen molar-refractivity contribution in [2.24, 2.45) is 0 Å². The second kappa shape index (κ2) is 4.40. The van der Waals surface area contributed by atoms with Gasteiger partial charge in [0.15, 0.2) is 0 Å². The van der Waals surface area contributed by atoms with Gasteiger partial charge in [-0.3, -0.25) is 0 Å². The molecule has 0 saturated carbocycles. The van der Waals surface area contributed by atoms with E-state index >= 15 is 0 Å². The molecule has 13 heavy (non-hydrogen) atoms. The predicted molar refractivity (Wildman–Crippen MR) is 56.1 cm³/mol. The quantitative estimate of drug-likeness (QED) is 0.450. The highest BCUT2D eigenvalue weighted by atomic mass is 15.8. The summed E-state index contributed by atoms with van der Waals surface area (Å²) >= 11 is 0. The summed E-state index contributed by atoms with van der Waals surface area (Å²) in [6, 6.07) is 0. The Bertz CT molecular complexity index is 151. The molecule has 0 N–H and O–H groups in total. The summed E-state index contributed by atoms with van der Waals surface area (Å²) in [4.78, 5) is 0. The van der Waals surface area contributed by atoms with E-state index in [1.54, 1.807) is 0 Å². The zero-order valence-electron chi connectivity index (χ0n) is 9.58. The van der Waals surface area contributed by atoms with Crippen LogP contribution in [0.25, 0.3) is 0 Å². The Kier molecular flexibility index (Phi) is 3.71. The summed E-state index contributed by atoms with van der Waals surface area (Å²) in [5.74, 6) is 0. The molecule has 0 spiro atoms. The molecule has 0 amide bonds. The van der Waals surface area contributed by atoms with Gasteiger partial charge in [-0.25, -0.2) is 10.0 Å². The molecule has 2 atom stereocenters. The normalized spacial score (nSPS) is 27.7.